The van der Waals surface area contributed by atoms with Crippen molar-refractivity contribution in [1.29, 1.82) is 0 Å². The second-order valence-corrected chi connectivity index (χ2v) is 4.08. The lowest BCUT2D eigenvalue weighted by atomic mass is 10.2. The number of carbonyl (C=O) groups is 1. The summed E-state index contributed by atoms with van der Waals surface area (Å²) < 4.78 is 0. The van der Waals surface area contributed by atoms with Crippen LogP contribution in [0, 0.1) is 13.8 Å². The summed E-state index contributed by atoms with van der Waals surface area (Å²) in [6.07, 6.45) is 0.413. The van der Waals surface area contributed by atoms with Gasteiger partial charge in [0.25, 0.3) is 0 Å². The number of hydrogen-bond donors (Lipinski definition) is 2. The molecule has 1 rings (SSSR count). The van der Waals surface area contributed by atoms with E-state index < -0.39 is 0 Å². The standard InChI is InChI=1S/C11H17ClN4O/c1-4-13-9(17)5-6-14-11-8(3)7(2)10(12)15-16-11/h4-6H2,1-3H3,(H,13,17)(H,14,16). The van der Waals surface area contributed by atoms with Crippen LogP contribution in [-0.4, -0.2) is 29.2 Å². The predicted molar refractivity (Wildman–Crippen MR) is 68.3 cm³/mol. The second-order valence-electron chi connectivity index (χ2n) is 3.72. The van der Waals surface area contributed by atoms with Crippen molar-refractivity contribution in [3.05, 3.63) is 16.3 Å². The quantitative estimate of drug-likeness (QED) is 0.841. The van der Waals surface area contributed by atoms with Crippen LogP contribution in [0.5, 0.6) is 0 Å². The Morgan fingerprint density at radius 2 is 2.00 bits per heavy atom. The summed E-state index contributed by atoms with van der Waals surface area (Å²) in [6.45, 7) is 6.88. The first-order valence-electron chi connectivity index (χ1n) is 5.56. The van der Waals surface area contributed by atoms with Crippen LogP contribution >= 0.6 is 11.6 Å². The zero-order valence-electron chi connectivity index (χ0n) is 10.3. The topological polar surface area (TPSA) is 66.9 Å². The van der Waals surface area contributed by atoms with Gasteiger partial charge in [-0.05, 0) is 31.9 Å². The van der Waals surface area contributed by atoms with Gasteiger partial charge in [-0.15, -0.1) is 10.2 Å². The molecule has 1 heterocycles. The Morgan fingerprint density at radius 1 is 1.29 bits per heavy atom. The van der Waals surface area contributed by atoms with Gasteiger partial charge in [0.2, 0.25) is 5.91 Å². The fraction of sp³-hybridized carbons (Fsp3) is 0.545. The highest BCUT2D eigenvalue weighted by atomic mass is 35.5. The second kappa shape index (κ2) is 6.39. The van der Waals surface area contributed by atoms with Gasteiger partial charge in [0.1, 0.15) is 0 Å². The molecule has 0 saturated carbocycles. The van der Waals surface area contributed by atoms with E-state index in [1.165, 1.54) is 0 Å². The van der Waals surface area contributed by atoms with Crippen molar-refractivity contribution in [1.82, 2.24) is 15.5 Å². The van der Waals surface area contributed by atoms with Crippen LogP contribution in [0.25, 0.3) is 0 Å². The van der Waals surface area contributed by atoms with Gasteiger partial charge in [-0.25, -0.2) is 0 Å². The molecule has 94 valence electrons. The first kappa shape index (κ1) is 13.7. The molecular weight excluding hydrogens is 240 g/mol. The fourth-order valence-electron chi connectivity index (χ4n) is 1.32. The van der Waals surface area contributed by atoms with Crippen LogP contribution in [0.15, 0.2) is 0 Å². The molecule has 0 radical (unpaired) electrons. The highest BCUT2D eigenvalue weighted by molar-refractivity contribution is 6.30. The third-order valence-electron chi connectivity index (χ3n) is 2.48. The van der Waals surface area contributed by atoms with E-state index in [2.05, 4.69) is 20.8 Å². The average molecular weight is 257 g/mol. The van der Waals surface area contributed by atoms with E-state index in [9.17, 15) is 4.79 Å². The van der Waals surface area contributed by atoms with Gasteiger partial charge in [-0.2, -0.15) is 0 Å². The molecule has 1 aromatic heterocycles. The third-order valence-corrected chi connectivity index (χ3v) is 2.84. The van der Waals surface area contributed by atoms with E-state index in [1.54, 1.807) is 0 Å². The number of amides is 1. The van der Waals surface area contributed by atoms with E-state index in [-0.39, 0.29) is 5.91 Å². The van der Waals surface area contributed by atoms with Gasteiger partial charge in [0.05, 0.1) is 0 Å². The van der Waals surface area contributed by atoms with Gasteiger partial charge in [-0.3, -0.25) is 4.79 Å². The smallest absolute Gasteiger partial charge is 0.221 e. The molecule has 0 bridgehead atoms. The third kappa shape index (κ3) is 3.85. The largest absolute Gasteiger partial charge is 0.368 e. The zero-order valence-corrected chi connectivity index (χ0v) is 11.1. The van der Waals surface area contributed by atoms with Crippen molar-refractivity contribution < 1.29 is 4.79 Å². The summed E-state index contributed by atoms with van der Waals surface area (Å²) in [5.74, 6) is 0.701. The molecule has 0 spiro atoms. The van der Waals surface area contributed by atoms with Crippen LogP contribution in [0.4, 0.5) is 5.82 Å². The SMILES string of the molecule is CCNC(=O)CCNc1nnc(Cl)c(C)c1C. The summed E-state index contributed by atoms with van der Waals surface area (Å²) in [5, 5.41) is 14.0. The average Bonchev–Trinajstić information content (AvgIpc) is 2.29. The molecule has 0 aromatic carbocycles. The Bertz CT molecular complexity index is 409. The Kier molecular flexibility index (Phi) is 5.15. The summed E-state index contributed by atoms with van der Waals surface area (Å²) in [4.78, 5) is 11.2. The molecule has 0 unspecified atom stereocenters. The van der Waals surface area contributed by atoms with Gasteiger partial charge in [-0.1, -0.05) is 11.6 Å². The number of halogens is 1. The monoisotopic (exact) mass is 256 g/mol. The molecule has 0 atom stereocenters. The first-order chi connectivity index (χ1) is 8.06. The minimum atomic E-state index is 0.0243. The molecule has 0 aliphatic carbocycles. The summed E-state index contributed by atoms with van der Waals surface area (Å²) in [5.41, 5.74) is 1.86. The molecule has 17 heavy (non-hydrogen) atoms. The number of anilines is 1. The molecule has 0 aliphatic heterocycles. The maximum Gasteiger partial charge on any atom is 0.221 e. The van der Waals surface area contributed by atoms with Crippen LogP contribution in [0.2, 0.25) is 5.15 Å². The molecule has 1 amide bonds. The Morgan fingerprint density at radius 3 is 2.65 bits per heavy atom. The Hall–Kier alpha value is -1.36. The van der Waals surface area contributed by atoms with E-state index in [0.717, 1.165) is 11.1 Å². The predicted octanol–water partition coefficient (Wildman–Crippen LogP) is 1.68. The first-order valence-corrected chi connectivity index (χ1v) is 5.94. The Labute approximate surface area is 106 Å². The summed E-state index contributed by atoms with van der Waals surface area (Å²) >= 11 is 5.85. The van der Waals surface area contributed by atoms with Gasteiger partial charge in [0.15, 0.2) is 11.0 Å². The zero-order chi connectivity index (χ0) is 12.8. The van der Waals surface area contributed by atoms with E-state index in [1.807, 2.05) is 20.8 Å². The van der Waals surface area contributed by atoms with Gasteiger partial charge >= 0.3 is 0 Å². The van der Waals surface area contributed by atoms with Crippen LogP contribution in [0.1, 0.15) is 24.5 Å². The number of nitrogens with zero attached hydrogens (tertiary/aromatic N) is 2. The molecule has 0 aliphatic rings. The number of aromatic nitrogens is 2. The number of hydrogen-bond acceptors (Lipinski definition) is 4. The van der Waals surface area contributed by atoms with E-state index >= 15 is 0 Å². The lowest BCUT2D eigenvalue weighted by Crippen LogP contribution is -2.25. The maximum atomic E-state index is 11.2. The number of nitrogens with one attached hydrogen (secondary N) is 2. The molecule has 0 saturated heterocycles. The highest BCUT2D eigenvalue weighted by Crippen LogP contribution is 2.20. The Balaban J connectivity index is 2.53. The molecular formula is C11H17ClN4O. The van der Waals surface area contributed by atoms with Gasteiger partial charge < -0.3 is 10.6 Å². The normalized spacial score (nSPS) is 10.1. The fourth-order valence-corrected chi connectivity index (χ4v) is 1.50. The highest BCUT2D eigenvalue weighted by Gasteiger charge is 2.08. The van der Waals surface area contributed by atoms with E-state index in [0.29, 0.717) is 30.5 Å². The minimum Gasteiger partial charge on any atom is -0.368 e. The minimum absolute atomic E-state index is 0.0243. The van der Waals surface area contributed by atoms with Crippen molar-refractivity contribution >= 4 is 23.3 Å². The molecule has 5 nitrogen and oxygen atoms in total. The molecule has 2 N–H and O–H groups in total. The van der Waals surface area contributed by atoms with Crippen molar-refractivity contribution in [3.8, 4) is 0 Å². The molecule has 6 heteroatoms. The summed E-state index contributed by atoms with van der Waals surface area (Å²) in [7, 11) is 0. The van der Waals surface area contributed by atoms with Crippen molar-refractivity contribution in [3.63, 3.8) is 0 Å². The van der Waals surface area contributed by atoms with Crippen LogP contribution in [0.3, 0.4) is 0 Å². The van der Waals surface area contributed by atoms with Crippen molar-refractivity contribution in [2.24, 2.45) is 0 Å². The van der Waals surface area contributed by atoms with Crippen molar-refractivity contribution in [2.45, 2.75) is 27.2 Å². The van der Waals surface area contributed by atoms with Crippen molar-refractivity contribution in [2.75, 3.05) is 18.4 Å². The van der Waals surface area contributed by atoms with Crippen LogP contribution in [-0.2, 0) is 4.79 Å². The number of carbonyl (C=O) groups excluding carboxylic acids is 1. The molecule has 0 fully saturated rings. The van der Waals surface area contributed by atoms with Gasteiger partial charge in [0, 0.05) is 19.5 Å². The maximum absolute atomic E-state index is 11.2. The number of rotatable bonds is 5. The van der Waals surface area contributed by atoms with Crippen LogP contribution < -0.4 is 10.6 Å². The lowest BCUT2D eigenvalue weighted by molar-refractivity contribution is -0.120. The van der Waals surface area contributed by atoms with E-state index in [4.69, 9.17) is 11.6 Å². The lowest BCUT2D eigenvalue weighted by Gasteiger charge is -2.10. The summed E-state index contributed by atoms with van der Waals surface area (Å²) in [6, 6.07) is 0. The molecule has 1 aromatic rings.